The van der Waals surface area contributed by atoms with E-state index in [0.717, 1.165) is 57.3 Å². The summed E-state index contributed by atoms with van der Waals surface area (Å²) in [6.07, 6.45) is 17.2. The second-order valence-corrected chi connectivity index (χ2v) is 14.6. The third kappa shape index (κ3) is 9.81. The first-order chi connectivity index (χ1) is 23.7. The van der Waals surface area contributed by atoms with Crippen LogP contribution in [0.5, 0.6) is 0 Å². The van der Waals surface area contributed by atoms with Crippen molar-refractivity contribution in [2.75, 3.05) is 31.1 Å². The van der Waals surface area contributed by atoms with Crippen LogP contribution in [0.3, 0.4) is 0 Å². The molecule has 49 heavy (non-hydrogen) atoms. The van der Waals surface area contributed by atoms with Crippen LogP contribution in [0.15, 0.2) is 71.5 Å². The van der Waals surface area contributed by atoms with E-state index < -0.39 is 17.4 Å². The Bertz CT molecular complexity index is 1480. The fourth-order valence-electron chi connectivity index (χ4n) is 7.62. The van der Waals surface area contributed by atoms with E-state index in [1.54, 1.807) is 43.3 Å². The van der Waals surface area contributed by atoms with Crippen LogP contribution in [-0.4, -0.2) is 65.1 Å². The van der Waals surface area contributed by atoms with Gasteiger partial charge in [-0.3, -0.25) is 14.5 Å². The molecule has 2 aromatic heterocycles. The Labute approximate surface area is 291 Å². The maximum atomic E-state index is 13.5. The monoisotopic (exact) mass is 671 g/mol. The lowest BCUT2D eigenvalue weighted by molar-refractivity contribution is -0.151. The Kier molecular flexibility index (Phi) is 12.7. The van der Waals surface area contributed by atoms with Crippen molar-refractivity contribution in [3.8, 4) is 0 Å². The van der Waals surface area contributed by atoms with E-state index in [9.17, 15) is 19.5 Å². The number of carbonyl (C=O) groups is 3. The maximum absolute atomic E-state index is 13.5. The number of unbranched alkanes of at least 4 members (excludes halogenated alkanes) is 2. The van der Waals surface area contributed by atoms with Crippen LogP contribution in [-0.2, 0) is 9.53 Å². The van der Waals surface area contributed by atoms with E-state index in [4.69, 9.17) is 9.15 Å². The zero-order valence-electron chi connectivity index (χ0n) is 29.3. The molecule has 9 heteroatoms. The molecule has 1 unspecified atom stereocenters. The summed E-state index contributed by atoms with van der Waals surface area (Å²) < 4.78 is 10.9. The number of ether oxygens (including phenoxy) is 1. The topological polar surface area (TPSA) is 113 Å². The summed E-state index contributed by atoms with van der Waals surface area (Å²) >= 11 is 0. The molecule has 1 atom stereocenters. The fraction of sp³-hybridized carbons (Fsp3) is 0.550. The van der Waals surface area contributed by atoms with Crippen LogP contribution in [0.4, 0.5) is 5.82 Å². The molecule has 1 aromatic carbocycles. The zero-order valence-corrected chi connectivity index (χ0v) is 29.3. The number of likely N-dealkylation sites (tertiary alicyclic amines) is 1. The first kappa shape index (κ1) is 36.3. The Hall–Kier alpha value is -3.98. The van der Waals surface area contributed by atoms with Crippen LogP contribution < -0.4 is 4.90 Å². The summed E-state index contributed by atoms with van der Waals surface area (Å²) in [5.74, 6) is -0.548. The molecule has 3 heterocycles. The van der Waals surface area contributed by atoms with Crippen molar-refractivity contribution >= 4 is 23.7 Å². The molecular weight excluding hydrogens is 618 g/mol. The minimum atomic E-state index is -1.10. The lowest BCUT2D eigenvalue weighted by Gasteiger charge is -2.42. The van der Waals surface area contributed by atoms with Gasteiger partial charge in [0.25, 0.3) is 5.91 Å². The number of carboxylic acids is 1. The number of anilines is 1. The first-order valence-corrected chi connectivity index (χ1v) is 18.2. The highest BCUT2D eigenvalue weighted by molar-refractivity contribution is 6.04. The third-order valence-corrected chi connectivity index (χ3v) is 10.9. The molecule has 5 rings (SSSR count). The summed E-state index contributed by atoms with van der Waals surface area (Å²) in [6.45, 7) is 6.49. The Morgan fingerprint density at radius 1 is 0.980 bits per heavy atom. The number of furan rings is 1. The van der Waals surface area contributed by atoms with E-state index in [0.29, 0.717) is 29.0 Å². The summed E-state index contributed by atoms with van der Waals surface area (Å²) in [7, 11) is 0. The molecule has 1 saturated heterocycles. The highest BCUT2D eigenvalue weighted by Gasteiger charge is 2.36. The van der Waals surface area contributed by atoms with E-state index in [-0.39, 0.29) is 18.6 Å². The molecular formula is C40H53N3O6. The highest BCUT2D eigenvalue weighted by Crippen LogP contribution is 2.44. The van der Waals surface area contributed by atoms with E-state index in [1.807, 2.05) is 36.2 Å². The molecule has 264 valence electrons. The van der Waals surface area contributed by atoms with Gasteiger partial charge in [-0.05, 0) is 107 Å². The Balaban J connectivity index is 1.09. The summed E-state index contributed by atoms with van der Waals surface area (Å²) in [5.41, 5.74) is 0.719. The van der Waals surface area contributed by atoms with Gasteiger partial charge in [0.15, 0.2) is 5.76 Å². The van der Waals surface area contributed by atoms with Crippen LogP contribution in [0.25, 0.3) is 0 Å². The quantitative estimate of drug-likeness (QED) is 0.119. The molecule has 9 nitrogen and oxygen atoms in total. The average molecular weight is 672 g/mol. The number of hydrogen-bond acceptors (Lipinski definition) is 7. The van der Waals surface area contributed by atoms with Crippen molar-refractivity contribution in [1.82, 2.24) is 9.88 Å². The van der Waals surface area contributed by atoms with E-state index >= 15 is 0 Å². The maximum Gasteiger partial charge on any atom is 0.338 e. The van der Waals surface area contributed by atoms with Gasteiger partial charge >= 0.3 is 11.9 Å². The van der Waals surface area contributed by atoms with Crippen molar-refractivity contribution < 1.29 is 28.6 Å². The SMILES string of the molecule is Cc1ccc(N(C(=O)c2ccco2)C2CCN(CCC3(CCCCCC(C)(COC(=O)c4ccccc4)C(=O)O)CCCCC3)CC2)nc1. The minimum Gasteiger partial charge on any atom is -0.481 e. The number of nitrogens with zero attached hydrogens (tertiary/aromatic N) is 3. The van der Waals surface area contributed by atoms with Gasteiger partial charge in [-0.15, -0.1) is 0 Å². The van der Waals surface area contributed by atoms with Gasteiger partial charge in [-0.1, -0.05) is 62.8 Å². The second kappa shape index (κ2) is 17.1. The fourth-order valence-corrected chi connectivity index (χ4v) is 7.62. The Morgan fingerprint density at radius 3 is 2.39 bits per heavy atom. The third-order valence-electron chi connectivity index (χ3n) is 10.9. The van der Waals surface area contributed by atoms with Gasteiger partial charge in [0.2, 0.25) is 0 Å². The van der Waals surface area contributed by atoms with Crippen LogP contribution in [0.1, 0.15) is 117 Å². The van der Waals surface area contributed by atoms with Crippen LogP contribution >= 0.6 is 0 Å². The Morgan fingerprint density at radius 2 is 1.73 bits per heavy atom. The molecule has 2 aliphatic rings. The van der Waals surface area contributed by atoms with Gasteiger partial charge in [0.1, 0.15) is 12.4 Å². The summed E-state index contributed by atoms with van der Waals surface area (Å²) in [6, 6.07) is 16.2. The molecule has 3 aromatic rings. The van der Waals surface area contributed by atoms with Gasteiger partial charge in [0, 0.05) is 25.3 Å². The van der Waals surface area contributed by atoms with Crippen LogP contribution in [0, 0.1) is 17.8 Å². The zero-order chi connectivity index (χ0) is 34.7. The molecule has 0 bridgehead atoms. The number of pyridine rings is 1. The normalized spacial score (nSPS) is 18.0. The van der Waals surface area contributed by atoms with Crippen LogP contribution in [0.2, 0.25) is 0 Å². The summed E-state index contributed by atoms with van der Waals surface area (Å²) in [5, 5.41) is 9.97. The largest absolute Gasteiger partial charge is 0.481 e. The molecule has 1 saturated carbocycles. The molecule has 1 aliphatic heterocycles. The molecule has 1 aliphatic carbocycles. The number of amides is 1. The first-order valence-electron chi connectivity index (χ1n) is 18.2. The van der Waals surface area contributed by atoms with Gasteiger partial charge in [0.05, 0.1) is 17.2 Å². The second-order valence-electron chi connectivity index (χ2n) is 14.6. The smallest absolute Gasteiger partial charge is 0.338 e. The predicted octanol–water partition coefficient (Wildman–Crippen LogP) is 8.33. The van der Waals surface area contributed by atoms with E-state index in [2.05, 4.69) is 9.88 Å². The van der Waals surface area contributed by atoms with Crippen molar-refractivity contribution in [2.45, 2.75) is 103 Å². The molecule has 0 spiro atoms. The number of benzene rings is 1. The average Bonchev–Trinajstić information content (AvgIpc) is 3.67. The summed E-state index contributed by atoms with van der Waals surface area (Å²) in [4.78, 5) is 47.1. The highest BCUT2D eigenvalue weighted by atomic mass is 16.5. The number of carbonyl (C=O) groups excluding carboxylic acids is 2. The number of aliphatic carboxylic acids is 1. The van der Waals surface area contributed by atoms with Crippen molar-refractivity contribution in [1.29, 1.82) is 0 Å². The van der Waals surface area contributed by atoms with Crippen molar-refractivity contribution in [2.24, 2.45) is 10.8 Å². The number of piperidine rings is 1. The van der Waals surface area contributed by atoms with Gasteiger partial charge in [-0.2, -0.15) is 0 Å². The van der Waals surface area contributed by atoms with Gasteiger partial charge in [-0.25, -0.2) is 9.78 Å². The molecule has 1 N–H and O–H groups in total. The molecule has 2 fully saturated rings. The number of esters is 1. The number of rotatable bonds is 16. The lowest BCUT2D eigenvalue weighted by atomic mass is 9.68. The van der Waals surface area contributed by atoms with Crippen molar-refractivity contribution in [3.05, 3.63) is 83.9 Å². The standard InChI is InChI=1S/C40H53N3O6/c1-31-16-17-35(41-29-31)43(36(44)34-15-12-28-48-34)33-18-25-42(26-19-33)27-24-40(22-10-5-11-23-40)21-9-4-8-20-39(2,38(46)47)30-49-37(45)32-13-6-3-7-14-32/h3,6-7,12-17,28-29,33H,4-5,8-11,18-27,30H2,1-2H3,(H,46,47). The number of aromatic nitrogens is 1. The lowest BCUT2D eigenvalue weighted by Crippen LogP contribution is -2.48. The number of hydrogen-bond donors (Lipinski definition) is 1. The number of carboxylic acid groups (broad SMARTS) is 1. The predicted molar refractivity (Wildman–Crippen MR) is 190 cm³/mol. The molecule has 1 amide bonds. The van der Waals surface area contributed by atoms with E-state index in [1.165, 1.54) is 51.2 Å². The van der Waals surface area contributed by atoms with Crippen molar-refractivity contribution in [3.63, 3.8) is 0 Å². The molecule has 0 radical (unpaired) electrons. The minimum absolute atomic E-state index is 0.0612. The van der Waals surface area contributed by atoms with Gasteiger partial charge < -0.3 is 19.2 Å². The number of aryl methyl sites for hydroxylation is 1.